The Morgan fingerprint density at radius 3 is 2.50 bits per heavy atom. The Morgan fingerprint density at radius 1 is 1.25 bits per heavy atom. The number of rotatable bonds is 7. The van der Waals surface area contributed by atoms with Crippen LogP contribution < -0.4 is 5.32 Å². The largest absolute Gasteiger partial charge is 0.383 e. The fourth-order valence-corrected chi connectivity index (χ4v) is 2.63. The molecule has 96 valence electrons. The fourth-order valence-electron chi connectivity index (χ4n) is 2.63. The van der Waals surface area contributed by atoms with Crippen LogP contribution in [0.2, 0.25) is 0 Å². The quantitative estimate of drug-likeness (QED) is 0.720. The van der Waals surface area contributed by atoms with Crippen molar-refractivity contribution in [3.05, 3.63) is 0 Å². The van der Waals surface area contributed by atoms with E-state index in [1.807, 2.05) is 7.11 Å². The Morgan fingerprint density at radius 2 is 1.94 bits per heavy atom. The SMILES string of the molecule is CCCCC(COC)NC1CCC(C)CC1. The van der Waals surface area contributed by atoms with Crippen LogP contribution in [0.1, 0.15) is 58.8 Å². The second kappa shape index (κ2) is 8.08. The van der Waals surface area contributed by atoms with Crippen LogP contribution >= 0.6 is 0 Å². The molecule has 1 atom stereocenters. The molecule has 1 rings (SSSR count). The summed E-state index contributed by atoms with van der Waals surface area (Å²) in [5.74, 6) is 0.939. The van der Waals surface area contributed by atoms with Gasteiger partial charge in [-0.3, -0.25) is 0 Å². The van der Waals surface area contributed by atoms with Crippen LogP contribution in [0, 0.1) is 5.92 Å². The number of unbranched alkanes of at least 4 members (excludes halogenated alkanes) is 1. The predicted octanol–water partition coefficient (Wildman–Crippen LogP) is 3.36. The minimum absolute atomic E-state index is 0.573. The van der Waals surface area contributed by atoms with Crippen molar-refractivity contribution >= 4 is 0 Å². The van der Waals surface area contributed by atoms with Crippen molar-refractivity contribution in [1.29, 1.82) is 0 Å². The minimum Gasteiger partial charge on any atom is -0.383 e. The summed E-state index contributed by atoms with van der Waals surface area (Å²) in [7, 11) is 1.81. The van der Waals surface area contributed by atoms with Crippen molar-refractivity contribution in [3.63, 3.8) is 0 Å². The number of methoxy groups -OCH3 is 1. The Bertz CT molecular complexity index is 164. The highest BCUT2D eigenvalue weighted by atomic mass is 16.5. The summed E-state index contributed by atoms with van der Waals surface area (Å²) in [5.41, 5.74) is 0. The second-order valence-corrected chi connectivity index (χ2v) is 5.42. The lowest BCUT2D eigenvalue weighted by molar-refractivity contribution is 0.147. The van der Waals surface area contributed by atoms with Crippen molar-refractivity contribution < 1.29 is 4.74 Å². The molecule has 0 radical (unpaired) electrons. The Hall–Kier alpha value is -0.0800. The Kier molecular flexibility index (Phi) is 7.06. The van der Waals surface area contributed by atoms with Gasteiger partial charge in [-0.2, -0.15) is 0 Å². The molecule has 0 bridgehead atoms. The maximum absolute atomic E-state index is 5.30. The molecule has 0 aromatic rings. The highest BCUT2D eigenvalue weighted by molar-refractivity contribution is 4.79. The molecule has 2 heteroatoms. The first-order valence-corrected chi connectivity index (χ1v) is 7.01. The summed E-state index contributed by atoms with van der Waals surface area (Å²) in [6, 6.07) is 1.32. The first-order chi connectivity index (χ1) is 7.76. The maximum Gasteiger partial charge on any atom is 0.0615 e. The lowest BCUT2D eigenvalue weighted by atomic mass is 9.87. The molecule has 1 aliphatic rings. The fraction of sp³-hybridized carbons (Fsp3) is 1.00. The molecule has 1 N–H and O–H groups in total. The van der Waals surface area contributed by atoms with E-state index in [0.29, 0.717) is 6.04 Å². The summed E-state index contributed by atoms with van der Waals surface area (Å²) >= 11 is 0. The summed E-state index contributed by atoms with van der Waals surface area (Å²) in [4.78, 5) is 0. The molecular formula is C14H29NO. The van der Waals surface area contributed by atoms with Gasteiger partial charge in [0.05, 0.1) is 6.61 Å². The molecule has 0 heterocycles. The van der Waals surface area contributed by atoms with E-state index in [-0.39, 0.29) is 0 Å². The van der Waals surface area contributed by atoms with Gasteiger partial charge in [-0.1, -0.05) is 26.7 Å². The van der Waals surface area contributed by atoms with E-state index >= 15 is 0 Å². The molecule has 0 aliphatic heterocycles. The van der Waals surface area contributed by atoms with E-state index in [0.717, 1.165) is 18.6 Å². The van der Waals surface area contributed by atoms with Gasteiger partial charge in [-0.15, -0.1) is 0 Å². The molecule has 1 fully saturated rings. The van der Waals surface area contributed by atoms with Crippen LogP contribution in [0.15, 0.2) is 0 Å². The Balaban J connectivity index is 2.24. The van der Waals surface area contributed by atoms with Gasteiger partial charge in [0.2, 0.25) is 0 Å². The molecule has 1 unspecified atom stereocenters. The van der Waals surface area contributed by atoms with Crippen LogP contribution in [-0.4, -0.2) is 25.8 Å². The van der Waals surface area contributed by atoms with E-state index in [9.17, 15) is 0 Å². The zero-order valence-electron chi connectivity index (χ0n) is 11.3. The second-order valence-electron chi connectivity index (χ2n) is 5.42. The van der Waals surface area contributed by atoms with Gasteiger partial charge in [0.15, 0.2) is 0 Å². The monoisotopic (exact) mass is 227 g/mol. The molecular weight excluding hydrogens is 198 g/mol. The van der Waals surface area contributed by atoms with E-state index in [1.165, 1.54) is 44.9 Å². The van der Waals surface area contributed by atoms with Gasteiger partial charge < -0.3 is 10.1 Å². The Labute approximate surface area is 101 Å². The summed E-state index contributed by atoms with van der Waals surface area (Å²) in [5, 5.41) is 3.79. The van der Waals surface area contributed by atoms with Gasteiger partial charge in [0.25, 0.3) is 0 Å². The van der Waals surface area contributed by atoms with Gasteiger partial charge in [-0.05, 0) is 38.0 Å². The molecule has 0 aromatic heterocycles. The van der Waals surface area contributed by atoms with E-state index in [4.69, 9.17) is 4.74 Å². The molecule has 0 saturated heterocycles. The standard InChI is InChI=1S/C14H29NO/c1-4-5-6-14(11-16-3)15-13-9-7-12(2)8-10-13/h12-15H,4-11H2,1-3H3. The maximum atomic E-state index is 5.30. The lowest BCUT2D eigenvalue weighted by Crippen LogP contribution is -2.42. The molecule has 16 heavy (non-hydrogen) atoms. The molecule has 0 spiro atoms. The van der Waals surface area contributed by atoms with Gasteiger partial charge in [0, 0.05) is 19.2 Å². The van der Waals surface area contributed by atoms with Crippen LogP contribution in [0.3, 0.4) is 0 Å². The first kappa shape index (κ1) is 14.0. The lowest BCUT2D eigenvalue weighted by Gasteiger charge is -2.30. The van der Waals surface area contributed by atoms with Crippen LogP contribution in [0.5, 0.6) is 0 Å². The summed E-state index contributed by atoms with van der Waals surface area (Å²) in [6.07, 6.45) is 9.35. The molecule has 2 nitrogen and oxygen atoms in total. The predicted molar refractivity (Wildman–Crippen MR) is 69.7 cm³/mol. The zero-order valence-corrected chi connectivity index (χ0v) is 11.3. The smallest absolute Gasteiger partial charge is 0.0615 e. The third-order valence-electron chi connectivity index (χ3n) is 3.76. The number of hydrogen-bond acceptors (Lipinski definition) is 2. The van der Waals surface area contributed by atoms with Crippen LogP contribution in [0.25, 0.3) is 0 Å². The van der Waals surface area contributed by atoms with E-state index in [2.05, 4.69) is 19.2 Å². The van der Waals surface area contributed by atoms with E-state index in [1.54, 1.807) is 0 Å². The number of hydrogen-bond donors (Lipinski definition) is 1. The highest BCUT2D eigenvalue weighted by Gasteiger charge is 2.20. The van der Waals surface area contributed by atoms with Crippen molar-refractivity contribution in [2.24, 2.45) is 5.92 Å². The first-order valence-electron chi connectivity index (χ1n) is 7.01. The highest BCUT2D eigenvalue weighted by Crippen LogP contribution is 2.24. The molecule has 1 aliphatic carbocycles. The van der Waals surface area contributed by atoms with Crippen molar-refractivity contribution in [1.82, 2.24) is 5.32 Å². The molecule has 1 saturated carbocycles. The molecule has 0 amide bonds. The topological polar surface area (TPSA) is 21.3 Å². The summed E-state index contributed by atoms with van der Waals surface area (Å²) in [6.45, 7) is 5.50. The molecule has 0 aromatic carbocycles. The van der Waals surface area contributed by atoms with Gasteiger partial charge >= 0.3 is 0 Å². The zero-order chi connectivity index (χ0) is 11.8. The average molecular weight is 227 g/mol. The van der Waals surface area contributed by atoms with Crippen molar-refractivity contribution in [3.8, 4) is 0 Å². The summed E-state index contributed by atoms with van der Waals surface area (Å²) < 4.78 is 5.30. The van der Waals surface area contributed by atoms with Crippen LogP contribution in [-0.2, 0) is 4.74 Å². The van der Waals surface area contributed by atoms with Crippen LogP contribution in [0.4, 0.5) is 0 Å². The van der Waals surface area contributed by atoms with E-state index < -0.39 is 0 Å². The van der Waals surface area contributed by atoms with Gasteiger partial charge in [-0.25, -0.2) is 0 Å². The van der Waals surface area contributed by atoms with Crippen molar-refractivity contribution in [2.75, 3.05) is 13.7 Å². The normalized spacial score (nSPS) is 27.9. The number of nitrogens with one attached hydrogen (secondary N) is 1. The van der Waals surface area contributed by atoms with Gasteiger partial charge in [0.1, 0.15) is 0 Å². The number of ether oxygens (including phenoxy) is 1. The van der Waals surface area contributed by atoms with Crippen molar-refractivity contribution in [2.45, 2.75) is 70.9 Å². The third kappa shape index (κ3) is 5.31. The average Bonchev–Trinajstić information content (AvgIpc) is 2.29. The third-order valence-corrected chi connectivity index (χ3v) is 3.76. The minimum atomic E-state index is 0.573.